The number of aryl methyl sites for hydroxylation is 1. The number of alkyl carbamates (subject to hydrolysis) is 1. The van der Waals surface area contributed by atoms with Crippen molar-refractivity contribution in [1.29, 1.82) is 0 Å². The van der Waals surface area contributed by atoms with E-state index in [4.69, 9.17) is 9.47 Å². The Balaban J connectivity index is 1.18. The molecule has 7 nitrogen and oxygen atoms in total. The van der Waals surface area contributed by atoms with Gasteiger partial charge in [-0.15, -0.1) is 11.3 Å². The van der Waals surface area contributed by atoms with Crippen molar-refractivity contribution < 1.29 is 24.2 Å². The number of aromatic carboxylic acids is 1. The molecule has 148 valence electrons. The van der Waals surface area contributed by atoms with E-state index in [0.29, 0.717) is 5.01 Å². The smallest absolute Gasteiger partial charge is 0.407 e. The number of amides is 1. The summed E-state index contributed by atoms with van der Waals surface area (Å²) < 4.78 is 11.1. The van der Waals surface area contributed by atoms with Crippen molar-refractivity contribution in [1.82, 2.24) is 10.3 Å². The zero-order chi connectivity index (χ0) is 19.7. The lowest BCUT2D eigenvalue weighted by Crippen LogP contribution is -2.58. The van der Waals surface area contributed by atoms with Crippen LogP contribution < -0.4 is 10.1 Å². The topological polar surface area (TPSA) is 97.8 Å². The number of carbonyl (C=O) groups excluding carboxylic acids is 1. The molecule has 2 N–H and O–H groups in total. The molecule has 0 atom stereocenters. The van der Waals surface area contributed by atoms with Crippen molar-refractivity contribution in [2.75, 3.05) is 0 Å². The van der Waals surface area contributed by atoms with E-state index in [1.54, 1.807) is 6.92 Å². The number of carboxylic acid groups (broad SMARTS) is 1. The number of hydrogen-bond donors (Lipinski definition) is 2. The highest BCUT2D eigenvalue weighted by Crippen LogP contribution is 2.56. The molecule has 0 aliphatic heterocycles. The van der Waals surface area contributed by atoms with Gasteiger partial charge in [-0.1, -0.05) is 30.3 Å². The number of nitrogens with one attached hydrogen (secondary N) is 1. The van der Waals surface area contributed by atoms with Crippen molar-refractivity contribution >= 4 is 23.4 Å². The monoisotopic (exact) mass is 402 g/mol. The molecule has 8 heteroatoms. The molecule has 1 spiro atoms. The molecule has 0 saturated heterocycles. The quantitative estimate of drug-likeness (QED) is 0.763. The molecule has 1 amide bonds. The van der Waals surface area contributed by atoms with Gasteiger partial charge < -0.3 is 19.9 Å². The SMILES string of the molecule is Cc1nc(OC2CC3(CC(NC(=O)OCc4ccccc4)C3)C2)c(C(=O)O)s1. The summed E-state index contributed by atoms with van der Waals surface area (Å²) in [6.07, 6.45) is 3.12. The van der Waals surface area contributed by atoms with Crippen LogP contribution in [0.25, 0.3) is 0 Å². The van der Waals surface area contributed by atoms with Gasteiger partial charge in [0.25, 0.3) is 0 Å². The highest BCUT2D eigenvalue weighted by atomic mass is 32.1. The molecule has 4 rings (SSSR count). The summed E-state index contributed by atoms with van der Waals surface area (Å²) in [6, 6.07) is 9.70. The second-order valence-corrected chi connectivity index (χ2v) is 8.83. The van der Waals surface area contributed by atoms with Crippen LogP contribution in [-0.2, 0) is 11.3 Å². The Hall–Kier alpha value is -2.61. The third-order valence-corrected chi connectivity index (χ3v) is 6.33. The molecule has 0 bridgehead atoms. The Morgan fingerprint density at radius 3 is 2.64 bits per heavy atom. The number of thiazole rings is 1. The van der Waals surface area contributed by atoms with Crippen molar-refractivity contribution in [2.45, 2.75) is 51.4 Å². The molecule has 1 aromatic carbocycles. The number of carboxylic acids is 1. The number of nitrogens with zero attached hydrogens (tertiary/aromatic N) is 1. The van der Waals surface area contributed by atoms with Gasteiger partial charge in [-0.25, -0.2) is 14.6 Å². The highest BCUT2D eigenvalue weighted by molar-refractivity contribution is 7.13. The first kappa shape index (κ1) is 18.7. The molecule has 2 fully saturated rings. The minimum absolute atomic E-state index is 0.00872. The van der Waals surface area contributed by atoms with Gasteiger partial charge in [0, 0.05) is 6.04 Å². The summed E-state index contributed by atoms with van der Waals surface area (Å²) in [7, 11) is 0. The van der Waals surface area contributed by atoms with Crippen LogP contribution in [0.5, 0.6) is 5.88 Å². The van der Waals surface area contributed by atoms with Crippen molar-refractivity contribution in [3.05, 3.63) is 45.8 Å². The molecule has 28 heavy (non-hydrogen) atoms. The third-order valence-electron chi connectivity index (χ3n) is 5.39. The maximum atomic E-state index is 11.9. The number of carbonyl (C=O) groups is 2. The van der Waals surface area contributed by atoms with Gasteiger partial charge in [-0.05, 0) is 43.6 Å². The van der Waals surface area contributed by atoms with Crippen LogP contribution in [0.15, 0.2) is 30.3 Å². The molecule has 2 aliphatic rings. The van der Waals surface area contributed by atoms with Crippen LogP contribution in [0.3, 0.4) is 0 Å². The van der Waals surface area contributed by atoms with Crippen LogP contribution in [-0.4, -0.2) is 34.3 Å². The average molecular weight is 402 g/mol. The van der Waals surface area contributed by atoms with Crippen molar-refractivity contribution in [2.24, 2.45) is 5.41 Å². The second-order valence-electron chi connectivity index (χ2n) is 7.63. The highest BCUT2D eigenvalue weighted by Gasteiger charge is 2.54. The predicted molar refractivity (Wildman–Crippen MR) is 103 cm³/mol. The van der Waals surface area contributed by atoms with Gasteiger partial charge in [0.05, 0.1) is 5.01 Å². The predicted octanol–water partition coefficient (Wildman–Crippen LogP) is 3.77. The fourth-order valence-electron chi connectivity index (χ4n) is 4.12. The van der Waals surface area contributed by atoms with Crippen LogP contribution in [0.4, 0.5) is 4.79 Å². The van der Waals surface area contributed by atoms with E-state index in [0.717, 1.165) is 42.6 Å². The van der Waals surface area contributed by atoms with Gasteiger partial charge >= 0.3 is 12.1 Å². The number of ether oxygens (including phenoxy) is 2. The summed E-state index contributed by atoms with van der Waals surface area (Å²) in [4.78, 5) is 27.5. The summed E-state index contributed by atoms with van der Waals surface area (Å²) in [6.45, 7) is 2.03. The van der Waals surface area contributed by atoms with Gasteiger partial charge in [-0.2, -0.15) is 0 Å². The van der Waals surface area contributed by atoms with Gasteiger partial charge in [0.2, 0.25) is 5.88 Å². The zero-order valence-corrected chi connectivity index (χ0v) is 16.3. The Morgan fingerprint density at radius 2 is 1.96 bits per heavy atom. The van der Waals surface area contributed by atoms with Gasteiger partial charge in [0.15, 0.2) is 4.88 Å². The Kier molecular flexibility index (Phi) is 4.97. The minimum atomic E-state index is -1.00. The Labute approximate surface area is 166 Å². The fraction of sp³-hybridized carbons (Fsp3) is 0.450. The molecule has 0 unspecified atom stereocenters. The number of hydrogen-bond acceptors (Lipinski definition) is 6. The second kappa shape index (κ2) is 7.43. The Morgan fingerprint density at radius 1 is 1.25 bits per heavy atom. The molecule has 1 heterocycles. The summed E-state index contributed by atoms with van der Waals surface area (Å²) >= 11 is 1.13. The first-order chi connectivity index (χ1) is 13.4. The summed E-state index contributed by atoms with van der Waals surface area (Å²) in [5, 5.41) is 12.8. The maximum absolute atomic E-state index is 11.9. The normalized spacial score (nSPS) is 25.5. The molecule has 2 saturated carbocycles. The lowest BCUT2D eigenvalue weighted by molar-refractivity contribution is -0.0856. The zero-order valence-electron chi connectivity index (χ0n) is 15.5. The van der Waals surface area contributed by atoms with Gasteiger partial charge in [0.1, 0.15) is 12.7 Å². The lowest BCUT2D eigenvalue weighted by atomic mass is 9.53. The fourth-order valence-corrected chi connectivity index (χ4v) is 4.82. The van der Waals surface area contributed by atoms with E-state index in [9.17, 15) is 14.7 Å². The third kappa shape index (κ3) is 3.96. The minimum Gasteiger partial charge on any atom is -0.477 e. The number of rotatable bonds is 6. The maximum Gasteiger partial charge on any atom is 0.407 e. The first-order valence-electron chi connectivity index (χ1n) is 9.27. The largest absolute Gasteiger partial charge is 0.477 e. The van der Waals surface area contributed by atoms with Crippen molar-refractivity contribution in [3.8, 4) is 5.88 Å². The van der Waals surface area contributed by atoms with Crippen LogP contribution in [0, 0.1) is 12.3 Å². The van der Waals surface area contributed by atoms with Crippen LogP contribution in [0.1, 0.15) is 45.9 Å². The summed E-state index contributed by atoms with van der Waals surface area (Å²) in [5.74, 6) is -0.773. The Bertz CT molecular complexity index is 868. The van der Waals surface area contributed by atoms with E-state index >= 15 is 0 Å². The number of benzene rings is 1. The molecule has 1 aromatic heterocycles. The summed E-state index contributed by atoms with van der Waals surface area (Å²) in [5.41, 5.74) is 1.15. The van der Waals surface area contributed by atoms with E-state index in [1.165, 1.54) is 0 Å². The molecule has 2 aromatic rings. The average Bonchev–Trinajstić information content (AvgIpc) is 2.98. The van der Waals surface area contributed by atoms with Crippen LogP contribution in [0.2, 0.25) is 0 Å². The molecular formula is C20H22N2O5S. The van der Waals surface area contributed by atoms with Gasteiger partial charge in [-0.3, -0.25) is 0 Å². The molecule has 0 radical (unpaired) electrons. The lowest BCUT2D eigenvalue weighted by Gasteiger charge is -2.56. The van der Waals surface area contributed by atoms with Crippen molar-refractivity contribution in [3.63, 3.8) is 0 Å². The number of aromatic nitrogens is 1. The molecule has 2 aliphatic carbocycles. The van der Waals surface area contributed by atoms with E-state index in [-0.39, 0.29) is 41.0 Å². The van der Waals surface area contributed by atoms with E-state index < -0.39 is 5.97 Å². The van der Waals surface area contributed by atoms with Crippen LogP contribution >= 0.6 is 11.3 Å². The standard InChI is InChI=1S/C20H22N2O5S/c1-12-21-17(16(28-12)18(23)24)27-15-9-20(10-15)7-14(8-20)22-19(25)26-11-13-5-3-2-4-6-13/h2-6,14-15H,7-11H2,1H3,(H,22,25)(H,23,24). The van der Waals surface area contributed by atoms with E-state index in [1.807, 2.05) is 30.3 Å². The first-order valence-corrected chi connectivity index (χ1v) is 10.1. The van der Waals surface area contributed by atoms with E-state index in [2.05, 4.69) is 10.3 Å². The molecular weight excluding hydrogens is 380 g/mol.